The number of nitrogens with zero attached hydrogens (tertiary/aromatic N) is 3. The second-order valence-corrected chi connectivity index (χ2v) is 4.12. The molecule has 34 heavy (non-hydrogen) atoms. The molecule has 0 saturated carbocycles. The topological polar surface area (TPSA) is 303 Å². The Labute approximate surface area is 193 Å². The van der Waals surface area contributed by atoms with Gasteiger partial charge in [0.15, 0.2) is 0 Å². The number of aromatic nitrogens is 3. The van der Waals surface area contributed by atoms with E-state index in [1.165, 1.54) is 0 Å². The lowest BCUT2D eigenvalue weighted by Crippen LogP contribution is -2.05. The third-order valence-electron chi connectivity index (χ3n) is 1.56. The second-order valence-electron chi connectivity index (χ2n) is 4.12. The number of carboxylic acid groups (broad SMARTS) is 5. The van der Waals surface area contributed by atoms with Crippen molar-refractivity contribution >= 4 is 47.7 Å². The van der Waals surface area contributed by atoms with Crippen LogP contribution in [0.2, 0.25) is 0 Å². The fourth-order valence-electron chi connectivity index (χ4n) is 0.427. The minimum absolute atomic E-state index is 0.0417. The monoisotopic (exact) mass is 486 g/mol. The SMILES string of the molecule is C=CC(=O)O.C=CC(=O)O.C=CC(=O)O.C=CC(=O)O.C=CC(=O)O.Nc1nc(N)nc(N)n1. The van der Waals surface area contributed by atoms with Crippen LogP contribution >= 0.6 is 0 Å². The first-order valence-corrected chi connectivity index (χ1v) is 7.83. The van der Waals surface area contributed by atoms with Gasteiger partial charge in [0.1, 0.15) is 0 Å². The molecule has 0 aliphatic heterocycles. The molecule has 0 amide bonds. The summed E-state index contributed by atoms with van der Waals surface area (Å²) < 4.78 is 0. The highest BCUT2D eigenvalue weighted by Gasteiger charge is 1.93. The summed E-state index contributed by atoms with van der Waals surface area (Å²) in [5, 5.41) is 38.0. The Balaban J connectivity index is -0.000000101. The first-order valence-electron chi connectivity index (χ1n) is 7.83. The maximum absolute atomic E-state index is 9.25. The minimum atomic E-state index is -0.981. The molecule has 1 aromatic heterocycles. The summed E-state index contributed by atoms with van der Waals surface area (Å²) in [5.74, 6) is -4.78. The molecule has 0 fully saturated rings. The molecule has 1 heterocycles. The molecule has 16 heteroatoms. The molecule has 0 saturated heterocycles. The van der Waals surface area contributed by atoms with Crippen molar-refractivity contribution in [1.29, 1.82) is 0 Å². The van der Waals surface area contributed by atoms with Crippen LogP contribution in [-0.2, 0) is 24.0 Å². The van der Waals surface area contributed by atoms with E-state index in [-0.39, 0.29) is 17.8 Å². The fraction of sp³-hybridized carbons (Fsp3) is 0. The van der Waals surface area contributed by atoms with Crippen molar-refractivity contribution in [2.24, 2.45) is 0 Å². The van der Waals surface area contributed by atoms with Gasteiger partial charge in [-0.25, -0.2) is 24.0 Å². The largest absolute Gasteiger partial charge is 0.478 e. The highest BCUT2D eigenvalue weighted by atomic mass is 16.4. The number of hydrogen-bond acceptors (Lipinski definition) is 11. The van der Waals surface area contributed by atoms with Gasteiger partial charge in [-0.15, -0.1) is 0 Å². The van der Waals surface area contributed by atoms with E-state index in [4.69, 9.17) is 42.7 Å². The molecular weight excluding hydrogens is 460 g/mol. The van der Waals surface area contributed by atoms with Gasteiger partial charge in [0.05, 0.1) is 0 Å². The van der Waals surface area contributed by atoms with Crippen LogP contribution < -0.4 is 17.2 Å². The number of rotatable bonds is 5. The van der Waals surface area contributed by atoms with Crippen LogP contribution in [0.25, 0.3) is 0 Å². The molecule has 0 spiro atoms. The van der Waals surface area contributed by atoms with E-state index in [9.17, 15) is 24.0 Å². The molecule has 1 aromatic rings. The smallest absolute Gasteiger partial charge is 0.327 e. The minimum Gasteiger partial charge on any atom is -0.478 e. The Hall–Kier alpha value is -5.54. The third-order valence-corrected chi connectivity index (χ3v) is 1.56. The molecule has 0 atom stereocenters. The predicted octanol–water partition coefficient (Wildman–Crippen LogP) is -0.0968. The number of carbonyl (C=O) groups is 5. The zero-order chi connectivity index (χ0) is 28.3. The van der Waals surface area contributed by atoms with Crippen LogP contribution in [-0.4, -0.2) is 70.3 Å². The second kappa shape index (κ2) is 27.5. The quantitative estimate of drug-likeness (QED) is 0.252. The highest BCUT2D eigenvalue weighted by Crippen LogP contribution is 1.97. The third kappa shape index (κ3) is 63.3. The lowest BCUT2D eigenvalue weighted by atomic mass is 10.7. The molecule has 0 bridgehead atoms. The van der Waals surface area contributed by atoms with Gasteiger partial charge in [-0.2, -0.15) is 15.0 Å². The van der Waals surface area contributed by atoms with Crippen LogP contribution in [0.3, 0.4) is 0 Å². The molecule has 0 aromatic carbocycles. The summed E-state index contributed by atoms with van der Waals surface area (Å²) in [6.45, 7) is 14.8. The Kier molecular flexibility index (Phi) is 31.5. The van der Waals surface area contributed by atoms with E-state index in [1.54, 1.807) is 0 Å². The zero-order valence-corrected chi connectivity index (χ0v) is 17.8. The van der Waals surface area contributed by atoms with Gasteiger partial charge in [0.2, 0.25) is 17.8 Å². The molecule has 11 N–H and O–H groups in total. The molecular formula is C18H26N6O10. The van der Waals surface area contributed by atoms with Crippen molar-refractivity contribution in [2.45, 2.75) is 0 Å². The zero-order valence-electron chi connectivity index (χ0n) is 17.8. The van der Waals surface area contributed by atoms with Gasteiger partial charge >= 0.3 is 29.8 Å². The first kappa shape index (κ1) is 39.0. The summed E-state index contributed by atoms with van der Waals surface area (Å²) in [7, 11) is 0. The number of anilines is 3. The number of aliphatic carboxylic acids is 5. The molecule has 0 unspecified atom stereocenters. The van der Waals surface area contributed by atoms with Gasteiger partial charge in [-0.1, -0.05) is 32.9 Å². The normalized spacial score (nSPS) is 7.18. The summed E-state index contributed by atoms with van der Waals surface area (Å²) in [6.07, 6.45) is 4.17. The molecule has 1 rings (SSSR count). The number of carboxylic acids is 5. The molecule has 0 aliphatic carbocycles. The number of nitrogen functional groups attached to an aromatic ring is 3. The van der Waals surface area contributed by atoms with Gasteiger partial charge in [-0.3, -0.25) is 0 Å². The molecule has 0 radical (unpaired) electrons. The van der Waals surface area contributed by atoms with Crippen molar-refractivity contribution in [2.75, 3.05) is 17.2 Å². The maximum atomic E-state index is 9.25. The van der Waals surface area contributed by atoms with E-state index in [1.807, 2.05) is 0 Å². The van der Waals surface area contributed by atoms with Gasteiger partial charge in [0.25, 0.3) is 0 Å². The van der Waals surface area contributed by atoms with Crippen molar-refractivity contribution in [3.63, 3.8) is 0 Å². The predicted molar refractivity (Wildman–Crippen MR) is 122 cm³/mol. The Morgan fingerprint density at radius 1 is 0.471 bits per heavy atom. The number of hydrogen-bond donors (Lipinski definition) is 8. The number of nitrogens with two attached hydrogens (primary N) is 3. The standard InChI is InChI=1S/C3H6N6.5C3H4O2/c4-1-7-2(5)9-3(6)8-1;5*1-2-3(4)5/h(H6,4,5,6,7,8,9);5*2H,1H2,(H,4,5). The fourth-order valence-corrected chi connectivity index (χ4v) is 0.427. The Morgan fingerprint density at radius 2 is 0.559 bits per heavy atom. The first-order chi connectivity index (χ1) is 15.5. The van der Waals surface area contributed by atoms with E-state index in [0.717, 1.165) is 30.4 Å². The highest BCUT2D eigenvalue weighted by molar-refractivity contribution is 5.80. The molecule has 0 aliphatic rings. The van der Waals surface area contributed by atoms with Gasteiger partial charge in [-0.05, 0) is 0 Å². The van der Waals surface area contributed by atoms with E-state index in [2.05, 4.69) is 47.8 Å². The summed E-state index contributed by atoms with van der Waals surface area (Å²) in [4.78, 5) is 56.7. The van der Waals surface area contributed by atoms with E-state index in [0.29, 0.717) is 0 Å². The Bertz CT molecular complexity index is 701. The lowest BCUT2D eigenvalue weighted by Gasteiger charge is -1.93. The van der Waals surface area contributed by atoms with E-state index >= 15 is 0 Å². The van der Waals surface area contributed by atoms with Crippen molar-refractivity contribution in [3.8, 4) is 0 Å². The average molecular weight is 486 g/mol. The Morgan fingerprint density at radius 3 is 0.618 bits per heavy atom. The summed E-state index contributed by atoms with van der Waals surface area (Å²) >= 11 is 0. The lowest BCUT2D eigenvalue weighted by molar-refractivity contribution is -0.132. The maximum Gasteiger partial charge on any atom is 0.327 e. The molecule has 16 nitrogen and oxygen atoms in total. The van der Waals surface area contributed by atoms with Crippen molar-refractivity contribution in [1.82, 2.24) is 15.0 Å². The summed E-state index contributed by atoms with van der Waals surface area (Å²) in [5.41, 5.74) is 15.4. The summed E-state index contributed by atoms with van der Waals surface area (Å²) in [6, 6.07) is 0. The van der Waals surface area contributed by atoms with Crippen molar-refractivity contribution < 1.29 is 49.5 Å². The average Bonchev–Trinajstić information content (AvgIpc) is 2.74. The molecule has 188 valence electrons. The van der Waals surface area contributed by atoms with Crippen LogP contribution in [0.15, 0.2) is 63.3 Å². The van der Waals surface area contributed by atoms with E-state index < -0.39 is 29.8 Å². The van der Waals surface area contributed by atoms with Gasteiger partial charge < -0.3 is 42.7 Å². The van der Waals surface area contributed by atoms with Gasteiger partial charge in [0, 0.05) is 30.4 Å². The van der Waals surface area contributed by atoms with Crippen LogP contribution in [0.5, 0.6) is 0 Å². The van der Waals surface area contributed by atoms with Crippen LogP contribution in [0.1, 0.15) is 0 Å². The van der Waals surface area contributed by atoms with Crippen LogP contribution in [0.4, 0.5) is 17.8 Å². The van der Waals surface area contributed by atoms with Crippen LogP contribution in [0, 0.1) is 0 Å². The van der Waals surface area contributed by atoms with Crippen molar-refractivity contribution in [3.05, 3.63) is 63.3 Å².